The van der Waals surface area contributed by atoms with Crippen molar-refractivity contribution in [2.75, 3.05) is 24.3 Å². The number of nitrogen functional groups attached to an aromatic ring is 1. The summed E-state index contributed by atoms with van der Waals surface area (Å²) in [6.45, 7) is 7.45. The Morgan fingerprint density at radius 3 is 2.42 bits per heavy atom. The predicted octanol–water partition coefficient (Wildman–Crippen LogP) is 5.57. The Morgan fingerprint density at radius 2 is 1.79 bits per heavy atom. The zero-order valence-corrected chi connectivity index (χ0v) is 24.2. The Hall–Kier alpha value is -4.62. The summed E-state index contributed by atoms with van der Waals surface area (Å²) in [5.41, 5.74) is -0.993. The maximum Gasteiger partial charge on any atom is 0.416 e. The van der Waals surface area contributed by atoms with E-state index in [1.165, 1.54) is 24.3 Å². The largest absolute Gasteiger partial charge is 0.461 e. The van der Waals surface area contributed by atoms with Crippen molar-refractivity contribution in [1.29, 1.82) is 0 Å². The molecule has 1 aliphatic rings. The molecule has 0 aliphatic carbocycles. The second-order valence-corrected chi connectivity index (χ2v) is 10.9. The fraction of sp³-hybridized carbons (Fsp3) is 0.414. The van der Waals surface area contributed by atoms with Gasteiger partial charge in [-0.3, -0.25) is 9.69 Å². The van der Waals surface area contributed by atoms with Crippen LogP contribution in [-0.4, -0.2) is 56.3 Å². The molecule has 0 bridgehead atoms. The Kier molecular flexibility index (Phi) is 8.97. The molecule has 1 unspecified atom stereocenters. The summed E-state index contributed by atoms with van der Waals surface area (Å²) in [6, 6.07) is 6.87. The number of halogens is 3. The number of anilines is 1. The lowest BCUT2D eigenvalue weighted by Gasteiger charge is -2.36. The SMILES string of the molecule is CCOC(=O)c1c(-c2ccc(C(=O)Nc3cc(C(F)(F)F)ccn3)cc2)nc(C2CCCCN2C(=O)OC(C)(C)C)n1N. The third-order valence-electron chi connectivity index (χ3n) is 6.59. The molecule has 14 heteroatoms. The molecule has 0 spiro atoms. The monoisotopic (exact) mass is 602 g/mol. The summed E-state index contributed by atoms with van der Waals surface area (Å²) in [6.07, 6.45) is -2.06. The van der Waals surface area contributed by atoms with Crippen LogP contribution in [-0.2, 0) is 15.7 Å². The first-order chi connectivity index (χ1) is 20.2. The molecule has 0 radical (unpaired) electrons. The van der Waals surface area contributed by atoms with Crippen molar-refractivity contribution < 1.29 is 37.0 Å². The van der Waals surface area contributed by atoms with Gasteiger partial charge in [0.05, 0.1) is 18.2 Å². The van der Waals surface area contributed by atoms with Gasteiger partial charge in [-0.2, -0.15) is 13.2 Å². The molecule has 11 nitrogen and oxygen atoms in total. The Balaban J connectivity index is 1.65. The van der Waals surface area contributed by atoms with Crippen LogP contribution in [0.25, 0.3) is 11.3 Å². The summed E-state index contributed by atoms with van der Waals surface area (Å²) in [5.74, 6) is 5.01. The molecule has 1 atom stereocenters. The van der Waals surface area contributed by atoms with E-state index in [1.807, 2.05) is 0 Å². The molecular formula is C29H33F3N6O5. The van der Waals surface area contributed by atoms with Gasteiger partial charge in [-0.05, 0) is 71.2 Å². The van der Waals surface area contributed by atoms with Crippen molar-refractivity contribution in [3.05, 3.63) is 65.2 Å². The van der Waals surface area contributed by atoms with Gasteiger partial charge in [0.1, 0.15) is 17.1 Å². The summed E-state index contributed by atoms with van der Waals surface area (Å²) in [7, 11) is 0. The van der Waals surface area contributed by atoms with E-state index in [9.17, 15) is 27.6 Å². The molecule has 3 aromatic rings. The number of likely N-dealkylation sites (tertiary alicyclic amines) is 1. The number of hydrogen-bond donors (Lipinski definition) is 2. The minimum Gasteiger partial charge on any atom is -0.461 e. The number of ether oxygens (including phenoxy) is 2. The van der Waals surface area contributed by atoms with E-state index in [-0.39, 0.29) is 35.2 Å². The highest BCUT2D eigenvalue weighted by Gasteiger charge is 2.37. The number of benzene rings is 1. The lowest BCUT2D eigenvalue weighted by atomic mass is 10.0. The van der Waals surface area contributed by atoms with Crippen LogP contribution >= 0.6 is 0 Å². The Labute approximate surface area is 246 Å². The number of esters is 1. The quantitative estimate of drug-likeness (QED) is 0.276. The summed E-state index contributed by atoms with van der Waals surface area (Å²) in [5, 5.41) is 2.35. The number of pyridine rings is 1. The standard InChI is InChI=1S/C29H33F3N6O5/c1-5-42-26(40)23-22(36-24(38(23)33)20-8-6-7-15-37(20)27(41)43-28(2,3)4)17-9-11-18(12-10-17)25(39)35-21-16-19(13-14-34-21)29(30,31)32/h9-14,16,20H,5-8,15,33H2,1-4H3,(H,34,35,39). The van der Waals surface area contributed by atoms with E-state index in [2.05, 4.69) is 15.3 Å². The fourth-order valence-electron chi connectivity index (χ4n) is 4.66. The first kappa shape index (κ1) is 31.3. The summed E-state index contributed by atoms with van der Waals surface area (Å²) < 4.78 is 51.1. The highest BCUT2D eigenvalue weighted by Crippen LogP contribution is 2.35. The van der Waals surface area contributed by atoms with Crippen LogP contribution in [0.15, 0.2) is 42.6 Å². The third kappa shape index (κ3) is 7.24. The van der Waals surface area contributed by atoms with Gasteiger partial charge in [-0.15, -0.1) is 0 Å². The van der Waals surface area contributed by atoms with Crippen molar-refractivity contribution in [3.8, 4) is 11.3 Å². The van der Waals surface area contributed by atoms with E-state index >= 15 is 0 Å². The van der Waals surface area contributed by atoms with Gasteiger partial charge < -0.3 is 20.6 Å². The predicted molar refractivity (Wildman–Crippen MR) is 150 cm³/mol. The molecule has 2 aromatic heterocycles. The molecule has 43 heavy (non-hydrogen) atoms. The van der Waals surface area contributed by atoms with Gasteiger partial charge in [-0.25, -0.2) is 24.2 Å². The lowest BCUT2D eigenvalue weighted by Crippen LogP contribution is -2.43. The van der Waals surface area contributed by atoms with Crippen molar-refractivity contribution in [1.82, 2.24) is 19.5 Å². The molecule has 1 aliphatic heterocycles. The number of amides is 2. The van der Waals surface area contributed by atoms with Crippen LogP contribution in [0.1, 0.15) is 85.2 Å². The molecule has 1 saturated heterocycles. The van der Waals surface area contributed by atoms with Gasteiger partial charge >= 0.3 is 18.2 Å². The molecule has 4 rings (SSSR count). The van der Waals surface area contributed by atoms with Gasteiger partial charge in [0.25, 0.3) is 5.91 Å². The number of hydrogen-bond acceptors (Lipinski definition) is 8. The van der Waals surface area contributed by atoms with Crippen LogP contribution in [0.4, 0.5) is 23.8 Å². The average molecular weight is 603 g/mol. The number of nitrogens with two attached hydrogens (primary N) is 1. The number of carbonyl (C=O) groups is 3. The van der Waals surface area contributed by atoms with Crippen molar-refractivity contribution in [3.63, 3.8) is 0 Å². The number of imidazole rings is 1. The van der Waals surface area contributed by atoms with Crippen LogP contribution in [0.5, 0.6) is 0 Å². The molecule has 0 saturated carbocycles. The van der Waals surface area contributed by atoms with Gasteiger partial charge in [-0.1, -0.05) is 12.1 Å². The van der Waals surface area contributed by atoms with Crippen LogP contribution in [0.2, 0.25) is 0 Å². The maximum absolute atomic E-state index is 13.0. The van der Waals surface area contributed by atoms with Crippen molar-refractivity contribution >= 4 is 23.8 Å². The molecule has 3 heterocycles. The number of nitrogens with zero attached hydrogens (tertiary/aromatic N) is 4. The molecule has 1 aromatic carbocycles. The normalized spacial score (nSPS) is 15.6. The van der Waals surface area contributed by atoms with E-state index in [1.54, 1.807) is 32.6 Å². The van der Waals surface area contributed by atoms with Gasteiger partial charge in [0, 0.05) is 23.9 Å². The van der Waals surface area contributed by atoms with Crippen LogP contribution in [0.3, 0.4) is 0 Å². The second kappa shape index (κ2) is 12.3. The molecule has 3 N–H and O–H groups in total. The number of aromatic nitrogens is 3. The number of rotatable bonds is 6. The molecular weight excluding hydrogens is 569 g/mol. The van der Waals surface area contributed by atoms with Crippen LogP contribution < -0.4 is 11.2 Å². The van der Waals surface area contributed by atoms with Gasteiger partial charge in [0.2, 0.25) is 0 Å². The Bertz CT molecular complexity index is 1500. The fourth-order valence-corrected chi connectivity index (χ4v) is 4.66. The number of alkyl halides is 3. The molecule has 230 valence electrons. The zero-order chi connectivity index (χ0) is 31.5. The third-order valence-corrected chi connectivity index (χ3v) is 6.59. The van der Waals surface area contributed by atoms with Gasteiger partial charge in [0.15, 0.2) is 11.5 Å². The lowest BCUT2D eigenvalue weighted by molar-refractivity contribution is -0.137. The highest BCUT2D eigenvalue weighted by atomic mass is 19.4. The van der Waals surface area contributed by atoms with Crippen molar-refractivity contribution in [2.45, 2.75) is 64.8 Å². The molecule has 1 fully saturated rings. The van der Waals surface area contributed by atoms with Crippen LogP contribution in [0, 0.1) is 0 Å². The minimum atomic E-state index is -4.59. The maximum atomic E-state index is 13.0. The Morgan fingerprint density at radius 1 is 1.09 bits per heavy atom. The van der Waals surface area contributed by atoms with E-state index in [0.29, 0.717) is 18.5 Å². The highest BCUT2D eigenvalue weighted by molar-refractivity contribution is 6.04. The number of carbonyl (C=O) groups excluding carboxylic acids is 3. The number of nitrogens with one attached hydrogen (secondary N) is 1. The zero-order valence-electron chi connectivity index (χ0n) is 24.2. The smallest absolute Gasteiger partial charge is 0.416 e. The average Bonchev–Trinajstić information content (AvgIpc) is 3.29. The minimum absolute atomic E-state index is 0.0445. The van der Waals surface area contributed by atoms with E-state index in [4.69, 9.17) is 15.3 Å². The first-order valence-electron chi connectivity index (χ1n) is 13.7. The summed E-state index contributed by atoms with van der Waals surface area (Å²) in [4.78, 5) is 48.8. The first-order valence-corrected chi connectivity index (χ1v) is 13.7. The number of piperidine rings is 1. The van der Waals surface area contributed by atoms with E-state index < -0.39 is 41.4 Å². The second-order valence-electron chi connectivity index (χ2n) is 10.9. The molecule has 2 amide bonds. The van der Waals surface area contributed by atoms with E-state index in [0.717, 1.165) is 35.8 Å². The topological polar surface area (TPSA) is 142 Å². The summed E-state index contributed by atoms with van der Waals surface area (Å²) >= 11 is 0. The van der Waals surface area contributed by atoms with Crippen molar-refractivity contribution in [2.24, 2.45) is 0 Å².